The number of likely N-dealkylation sites (N-methyl/N-ethyl adjacent to an activating group) is 1. The molecule has 0 heterocycles. The molecule has 2 N–H and O–H groups in total. The molecule has 0 bridgehead atoms. The molecule has 0 saturated heterocycles. The van der Waals surface area contributed by atoms with E-state index in [0.717, 1.165) is 0 Å². The largest absolute Gasteiger partial charge is 0.355 e. The summed E-state index contributed by atoms with van der Waals surface area (Å²) in [5.41, 5.74) is 0.716. The molecule has 0 saturated carbocycles. The molecule has 20 heavy (non-hydrogen) atoms. The Balaban J connectivity index is 2.64. The van der Waals surface area contributed by atoms with Gasteiger partial charge in [-0.25, -0.2) is 4.39 Å². The molecule has 0 aromatic heterocycles. The Kier molecular flexibility index (Phi) is 6.11. The second-order valence-corrected chi connectivity index (χ2v) is 4.69. The number of amides is 2. The molecule has 0 unspecified atom stereocenters. The zero-order valence-electron chi connectivity index (χ0n) is 11.9. The van der Waals surface area contributed by atoms with E-state index in [-0.39, 0.29) is 17.6 Å². The first-order valence-electron chi connectivity index (χ1n) is 6.36. The van der Waals surface area contributed by atoms with Crippen molar-refractivity contribution in [2.75, 3.05) is 27.2 Å². The molecule has 6 heteroatoms. The Bertz CT molecular complexity index is 460. The lowest BCUT2D eigenvalue weighted by Crippen LogP contribution is -2.40. The Morgan fingerprint density at radius 1 is 1.15 bits per heavy atom. The van der Waals surface area contributed by atoms with Gasteiger partial charge in [-0.15, -0.1) is 0 Å². The number of hydrogen-bond acceptors (Lipinski definition) is 3. The lowest BCUT2D eigenvalue weighted by molar-refractivity contribution is -0.126. The maximum absolute atomic E-state index is 12.9. The minimum absolute atomic E-state index is 0.137. The molecule has 1 aromatic carbocycles. The number of nitrogens with one attached hydrogen (secondary N) is 2. The summed E-state index contributed by atoms with van der Waals surface area (Å²) in [4.78, 5) is 24.6. The van der Waals surface area contributed by atoms with Crippen LogP contribution in [0.4, 0.5) is 4.39 Å². The minimum Gasteiger partial charge on any atom is -0.355 e. The number of rotatable bonds is 6. The molecule has 0 radical (unpaired) electrons. The Morgan fingerprint density at radius 3 is 2.20 bits per heavy atom. The molecule has 1 aromatic rings. The first kappa shape index (κ1) is 16.1. The zero-order chi connectivity index (χ0) is 15.1. The van der Waals surface area contributed by atoms with Gasteiger partial charge in [0.1, 0.15) is 11.9 Å². The highest BCUT2D eigenvalue weighted by Crippen LogP contribution is 2.18. The van der Waals surface area contributed by atoms with Crippen molar-refractivity contribution in [3.05, 3.63) is 35.6 Å². The molecule has 1 rings (SSSR count). The summed E-state index contributed by atoms with van der Waals surface area (Å²) in [6.45, 7) is 2.15. The van der Waals surface area contributed by atoms with Gasteiger partial charge in [-0.05, 0) is 31.8 Å². The fourth-order valence-electron chi connectivity index (χ4n) is 1.85. The van der Waals surface area contributed by atoms with E-state index in [1.807, 2.05) is 0 Å². The number of nitrogens with zero attached hydrogens (tertiary/aromatic N) is 1. The van der Waals surface area contributed by atoms with E-state index in [4.69, 9.17) is 0 Å². The van der Waals surface area contributed by atoms with Crippen LogP contribution < -0.4 is 10.6 Å². The van der Waals surface area contributed by atoms with Gasteiger partial charge in [0.25, 0.3) is 0 Å². The van der Waals surface area contributed by atoms with Crippen molar-refractivity contribution >= 4 is 11.8 Å². The van der Waals surface area contributed by atoms with Crippen molar-refractivity contribution in [2.45, 2.75) is 13.0 Å². The molecule has 2 amide bonds. The minimum atomic E-state index is -0.493. The lowest BCUT2D eigenvalue weighted by atomic mass is 10.1. The SMILES string of the molecule is CC(=O)NCCNC(=O)[C@H](c1ccc(F)cc1)N(C)C. The van der Waals surface area contributed by atoms with E-state index < -0.39 is 6.04 Å². The van der Waals surface area contributed by atoms with Crippen LogP contribution in [0.5, 0.6) is 0 Å². The van der Waals surface area contributed by atoms with Crippen molar-refractivity contribution in [3.8, 4) is 0 Å². The summed E-state index contributed by atoms with van der Waals surface area (Å²) in [6, 6.07) is 5.35. The molecule has 1 atom stereocenters. The fourth-order valence-corrected chi connectivity index (χ4v) is 1.85. The van der Waals surface area contributed by atoms with Crippen molar-refractivity contribution < 1.29 is 14.0 Å². The van der Waals surface area contributed by atoms with Crippen LogP contribution in [0.3, 0.4) is 0 Å². The summed E-state index contributed by atoms with van der Waals surface area (Å²) in [5.74, 6) is -0.661. The molecule has 0 spiro atoms. The van der Waals surface area contributed by atoms with Crippen LogP contribution in [0.1, 0.15) is 18.5 Å². The summed E-state index contributed by atoms with van der Waals surface area (Å²) in [6.07, 6.45) is 0. The van der Waals surface area contributed by atoms with Gasteiger partial charge in [0.05, 0.1) is 0 Å². The maximum atomic E-state index is 12.9. The van der Waals surface area contributed by atoms with Crippen molar-refractivity contribution in [2.24, 2.45) is 0 Å². The van der Waals surface area contributed by atoms with Crippen molar-refractivity contribution in [1.82, 2.24) is 15.5 Å². The van der Waals surface area contributed by atoms with Gasteiger partial charge in [-0.1, -0.05) is 12.1 Å². The van der Waals surface area contributed by atoms with E-state index in [1.54, 1.807) is 31.1 Å². The monoisotopic (exact) mass is 281 g/mol. The zero-order valence-corrected chi connectivity index (χ0v) is 11.9. The highest BCUT2D eigenvalue weighted by atomic mass is 19.1. The van der Waals surface area contributed by atoms with Gasteiger partial charge < -0.3 is 10.6 Å². The summed E-state index contributed by atoms with van der Waals surface area (Å²) < 4.78 is 12.9. The van der Waals surface area contributed by atoms with Crippen LogP contribution in [0, 0.1) is 5.82 Å². The third-order valence-electron chi connectivity index (χ3n) is 2.75. The molecule has 0 fully saturated rings. The van der Waals surface area contributed by atoms with E-state index in [9.17, 15) is 14.0 Å². The fraction of sp³-hybridized carbons (Fsp3) is 0.429. The normalized spacial score (nSPS) is 12.1. The van der Waals surface area contributed by atoms with E-state index in [2.05, 4.69) is 10.6 Å². The number of carbonyl (C=O) groups is 2. The average Bonchev–Trinajstić information content (AvgIpc) is 2.36. The number of benzene rings is 1. The first-order chi connectivity index (χ1) is 9.41. The smallest absolute Gasteiger partial charge is 0.242 e. The maximum Gasteiger partial charge on any atom is 0.242 e. The van der Waals surface area contributed by atoms with Crippen LogP contribution >= 0.6 is 0 Å². The molecule has 5 nitrogen and oxygen atoms in total. The van der Waals surface area contributed by atoms with Crippen LogP contribution in [0.2, 0.25) is 0 Å². The molecule has 0 aliphatic heterocycles. The van der Waals surface area contributed by atoms with Gasteiger partial charge in [0, 0.05) is 20.0 Å². The molecule has 110 valence electrons. The average molecular weight is 281 g/mol. The number of carbonyl (C=O) groups excluding carboxylic acids is 2. The van der Waals surface area contributed by atoms with Gasteiger partial charge in [0.2, 0.25) is 11.8 Å². The molecular formula is C14H20FN3O2. The summed E-state index contributed by atoms with van der Waals surface area (Å²) in [7, 11) is 3.56. The van der Waals surface area contributed by atoms with Crippen molar-refractivity contribution in [3.63, 3.8) is 0 Å². The number of halogens is 1. The van der Waals surface area contributed by atoms with Gasteiger partial charge in [-0.2, -0.15) is 0 Å². The number of hydrogen-bond donors (Lipinski definition) is 2. The third-order valence-corrected chi connectivity index (χ3v) is 2.75. The predicted octanol–water partition coefficient (Wildman–Crippen LogP) is 0.681. The van der Waals surface area contributed by atoms with Crippen LogP contribution in [0.25, 0.3) is 0 Å². The molecular weight excluding hydrogens is 261 g/mol. The second kappa shape index (κ2) is 7.59. The van der Waals surface area contributed by atoms with Gasteiger partial charge in [-0.3, -0.25) is 14.5 Å². The van der Waals surface area contributed by atoms with E-state index in [0.29, 0.717) is 18.7 Å². The molecule has 0 aliphatic rings. The Labute approximate surface area is 118 Å². The van der Waals surface area contributed by atoms with Gasteiger partial charge >= 0.3 is 0 Å². The van der Waals surface area contributed by atoms with Crippen LogP contribution in [-0.2, 0) is 9.59 Å². The Morgan fingerprint density at radius 2 is 1.70 bits per heavy atom. The summed E-state index contributed by atoms with van der Waals surface area (Å²) in [5, 5.41) is 5.34. The second-order valence-electron chi connectivity index (χ2n) is 4.69. The van der Waals surface area contributed by atoms with Gasteiger partial charge in [0.15, 0.2) is 0 Å². The highest BCUT2D eigenvalue weighted by molar-refractivity contribution is 5.83. The summed E-state index contributed by atoms with van der Waals surface area (Å²) >= 11 is 0. The predicted molar refractivity (Wildman–Crippen MR) is 74.5 cm³/mol. The quantitative estimate of drug-likeness (QED) is 0.754. The standard InChI is InChI=1S/C14H20FN3O2/c1-10(19)16-8-9-17-14(20)13(18(2)3)11-4-6-12(15)7-5-11/h4-7,13H,8-9H2,1-3H3,(H,16,19)(H,17,20)/t13-/m0/s1. The van der Waals surface area contributed by atoms with E-state index >= 15 is 0 Å². The van der Waals surface area contributed by atoms with Crippen molar-refractivity contribution in [1.29, 1.82) is 0 Å². The Hall–Kier alpha value is -1.95. The van der Waals surface area contributed by atoms with Crippen LogP contribution in [-0.4, -0.2) is 43.9 Å². The van der Waals surface area contributed by atoms with E-state index in [1.165, 1.54) is 19.1 Å². The molecule has 0 aliphatic carbocycles. The highest BCUT2D eigenvalue weighted by Gasteiger charge is 2.22. The van der Waals surface area contributed by atoms with Crippen LogP contribution in [0.15, 0.2) is 24.3 Å². The first-order valence-corrected chi connectivity index (χ1v) is 6.36. The topological polar surface area (TPSA) is 61.4 Å². The lowest BCUT2D eigenvalue weighted by Gasteiger charge is -2.23. The third kappa shape index (κ3) is 4.97.